The van der Waals surface area contributed by atoms with Crippen molar-refractivity contribution in [1.82, 2.24) is 4.90 Å². The molecule has 0 aliphatic carbocycles. The van der Waals surface area contributed by atoms with Gasteiger partial charge in [0, 0.05) is 19.0 Å². The van der Waals surface area contributed by atoms with Gasteiger partial charge in [0.2, 0.25) is 5.91 Å². The Bertz CT molecular complexity index is 586. The van der Waals surface area contributed by atoms with Crippen LogP contribution in [0.15, 0.2) is 54.6 Å². The molecule has 2 rings (SSSR count). The Balaban J connectivity index is 2.05. The minimum absolute atomic E-state index is 0.00473. The minimum Gasteiger partial charge on any atom is -0.508 e. The maximum atomic E-state index is 12.4. The molecule has 1 N–H and O–H groups in total. The summed E-state index contributed by atoms with van der Waals surface area (Å²) in [5.74, 6) is 0.580. The highest BCUT2D eigenvalue weighted by Crippen LogP contribution is 2.13. The molecule has 1 amide bonds. The fourth-order valence-electron chi connectivity index (χ4n) is 2.15. The molecule has 4 heteroatoms. The lowest BCUT2D eigenvalue weighted by molar-refractivity contribution is -0.130. The summed E-state index contributed by atoms with van der Waals surface area (Å²) >= 11 is 5.80. The molecule has 0 spiro atoms. The highest BCUT2D eigenvalue weighted by atomic mass is 35.5. The molecule has 21 heavy (non-hydrogen) atoms. The summed E-state index contributed by atoms with van der Waals surface area (Å²) in [5, 5.41) is 9.46. The van der Waals surface area contributed by atoms with Gasteiger partial charge in [-0.1, -0.05) is 42.5 Å². The molecule has 0 fully saturated rings. The number of alkyl halides is 1. The first-order valence-corrected chi connectivity index (χ1v) is 7.38. The van der Waals surface area contributed by atoms with Gasteiger partial charge in [-0.15, -0.1) is 11.6 Å². The zero-order valence-corrected chi connectivity index (χ0v) is 12.5. The smallest absolute Gasteiger partial charge is 0.227 e. The summed E-state index contributed by atoms with van der Waals surface area (Å²) in [6.45, 7) is 1.05. The molecule has 0 atom stereocenters. The largest absolute Gasteiger partial charge is 0.508 e. The lowest BCUT2D eigenvalue weighted by Gasteiger charge is -2.22. The average Bonchev–Trinajstić information content (AvgIpc) is 2.48. The highest BCUT2D eigenvalue weighted by Gasteiger charge is 2.14. The molecule has 2 aromatic carbocycles. The number of hydrogen-bond acceptors (Lipinski definition) is 2. The molecule has 0 aromatic heterocycles. The van der Waals surface area contributed by atoms with Gasteiger partial charge in [0.1, 0.15) is 5.75 Å². The van der Waals surface area contributed by atoms with Crippen LogP contribution in [0.25, 0.3) is 0 Å². The first-order chi connectivity index (χ1) is 10.2. The zero-order valence-electron chi connectivity index (χ0n) is 11.7. The quantitative estimate of drug-likeness (QED) is 0.833. The summed E-state index contributed by atoms with van der Waals surface area (Å²) in [5.41, 5.74) is 1.87. The summed E-state index contributed by atoms with van der Waals surface area (Å²) in [6, 6.07) is 16.6. The number of benzene rings is 2. The van der Waals surface area contributed by atoms with Gasteiger partial charge >= 0.3 is 0 Å². The standard InChI is InChI=1S/C17H18ClNO2/c18-9-10-19(13-14-5-2-1-3-6-14)17(21)12-15-7-4-8-16(20)11-15/h1-8,11,20H,9-10,12-13H2. The summed E-state index contributed by atoms with van der Waals surface area (Å²) in [4.78, 5) is 14.1. The van der Waals surface area contributed by atoms with E-state index in [4.69, 9.17) is 11.6 Å². The first-order valence-electron chi connectivity index (χ1n) is 6.84. The van der Waals surface area contributed by atoms with Crippen molar-refractivity contribution in [2.24, 2.45) is 0 Å². The van der Waals surface area contributed by atoms with Gasteiger partial charge in [-0.05, 0) is 23.3 Å². The van der Waals surface area contributed by atoms with E-state index in [1.54, 1.807) is 23.1 Å². The second-order valence-electron chi connectivity index (χ2n) is 4.84. The molecule has 110 valence electrons. The van der Waals surface area contributed by atoms with Crippen molar-refractivity contribution in [2.45, 2.75) is 13.0 Å². The number of phenolic OH excluding ortho intramolecular Hbond substituents is 1. The SMILES string of the molecule is O=C(Cc1cccc(O)c1)N(CCCl)Cc1ccccc1. The van der Waals surface area contributed by atoms with Gasteiger partial charge < -0.3 is 10.0 Å². The maximum absolute atomic E-state index is 12.4. The first kappa shape index (κ1) is 15.4. The van der Waals surface area contributed by atoms with E-state index >= 15 is 0 Å². The minimum atomic E-state index is 0.00473. The third-order valence-corrected chi connectivity index (χ3v) is 3.36. The Morgan fingerprint density at radius 3 is 2.43 bits per heavy atom. The topological polar surface area (TPSA) is 40.5 Å². The molecular formula is C17H18ClNO2. The highest BCUT2D eigenvalue weighted by molar-refractivity contribution is 6.18. The van der Waals surface area contributed by atoms with E-state index in [2.05, 4.69) is 0 Å². The van der Waals surface area contributed by atoms with Crippen molar-refractivity contribution in [3.05, 3.63) is 65.7 Å². The molecule has 0 aliphatic heterocycles. The van der Waals surface area contributed by atoms with Crippen LogP contribution in [0.5, 0.6) is 5.75 Å². The Morgan fingerprint density at radius 1 is 1.05 bits per heavy atom. The molecule has 3 nitrogen and oxygen atoms in total. The molecular weight excluding hydrogens is 286 g/mol. The van der Waals surface area contributed by atoms with E-state index in [0.29, 0.717) is 19.0 Å². The fourth-order valence-corrected chi connectivity index (χ4v) is 2.35. The van der Waals surface area contributed by atoms with Gasteiger partial charge in [-0.3, -0.25) is 4.79 Å². The molecule has 0 unspecified atom stereocenters. The summed E-state index contributed by atoms with van der Waals surface area (Å²) in [7, 11) is 0. The van der Waals surface area contributed by atoms with Gasteiger partial charge in [0.05, 0.1) is 6.42 Å². The van der Waals surface area contributed by atoms with Crippen molar-refractivity contribution in [2.75, 3.05) is 12.4 Å². The number of rotatable bonds is 6. The van der Waals surface area contributed by atoms with Crippen LogP contribution >= 0.6 is 11.6 Å². The number of aromatic hydroxyl groups is 1. The van der Waals surface area contributed by atoms with Crippen molar-refractivity contribution < 1.29 is 9.90 Å². The average molecular weight is 304 g/mol. The number of halogens is 1. The molecule has 0 heterocycles. The third kappa shape index (κ3) is 4.80. The van der Waals surface area contributed by atoms with Crippen LogP contribution in [0.4, 0.5) is 0 Å². The maximum Gasteiger partial charge on any atom is 0.227 e. The molecule has 2 aromatic rings. The Morgan fingerprint density at radius 2 is 1.76 bits per heavy atom. The van der Waals surface area contributed by atoms with E-state index in [1.807, 2.05) is 36.4 Å². The predicted molar refractivity (Wildman–Crippen MR) is 84.4 cm³/mol. The predicted octanol–water partition coefficient (Wildman–Crippen LogP) is 3.20. The van der Waals surface area contributed by atoms with Crippen LogP contribution in [0.2, 0.25) is 0 Å². The van der Waals surface area contributed by atoms with E-state index in [1.165, 1.54) is 0 Å². The number of carbonyl (C=O) groups is 1. The van der Waals surface area contributed by atoms with Crippen molar-refractivity contribution in [3.63, 3.8) is 0 Å². The van der Waals surface area contributed by atoms with Crippen LogP contribution in [0.3, 0.4) is 0 Å². The number of hydrogen-bond donors (Lipinski definition) is 1. The Hall–Kier alpha value is -2.00. The van der Waals surface area contributed by atoms with E-state index in [9.17, 15) is 9.90 Å². The second kappa shape index (κ2) is 7.70. The van der Waals surface area contributed by atoms with Crippen LogP contribution < -0.4 is 0 Å². The lowest BCUT2D eigenvalue weighted by Crippen LogP contribution is -2.33. The molecule has 0 saturated heterocycles. The second-order valence-corrected chi connectivity index (χ2v) is 5.21. The molecule has 0 radical (unpaired) electrons. The summed E-state index contributed by atoms with van der Waals surface area (Å²) in [6.07, 6.45) is 0.262. The van der Waals surface area contributed by atoms with Crippen LogP contribution in [0, 0.1) is 0 Å². The Kier molecular flexibility index (Phi) is 5.64. The zero-order chi connectivity index (χ0) is 15.1. The van der Waals surface area contributed by atoms with Crippen LogP contribution in [-0.2, 0) is 17.8 Å². The van der Waals surface area contributed by atoms with Crippen molar-refractivity contribution in [3.8, 4) is 5.75 Å². The normalized spacial score (nSPS) is 10.3. The van der Waals surface area contributed by atoms with E-state index < -0.39 is 0 Å². The number of amides is 1. The lowest BCUT2D eigenvalue weighted by atomic mass is 10.1. The van der Waals surface area contributed by atoms with E-state index in [-0.39, 0.29) is 18.1 Å². The van der Waals surface area contributed by atoms with Gasteiger partial charge in [0.15, 0.2) is 0 Å². The van der Waals surface area contributed by atoms with Gasteiger partial charge in [-0.2, -0.15) is 0 Å². The molecule has 0 saturated carbocycles. The number of carbonyl (C=O) groups excluding carboxylic acids is 1. The van der Waals surface area contributed by atoms with Gasteiger partial charge in [0.25, 0.3) is 0 Å². The van der Waals surface area contributed by atoms with E-state index in [0.717, 1.165) is 11.1 Å². The molecule has 0 bridgehead atoms. The van der Waals surface area contributed by atoms with Crippen molar-refractivity contribution in [1.29, 1.82) is 0 Å². The monoisotopic (exact) mass is 303 g/mol. The van der Waals surface area contributed by atoms with Crippen LogP contribution in [0.1, 0.15) is 11.1 Å². The van der Waals surface area contributed by atoms with Crippen molar-refractivity contribution >= 4 is 17.5 Å². The Labute approximate surface area is 129 Å². The summed E-state index contributed by atoms with van der Waals surface area (Å²) < 4.78 is 0. The number of nitrogens with zero attached hydrogens (tertiary/aromatic N) is 1. The fraction of sp³-hybridized carbons (Fsp3) is 0.235. The molecule has 0 aliphatic rings. The van der Waals surface area contributed by atoms with Crippen LogP contribution in [-0.4, -0.2) is 28.3 Å². The van der Waals surface area contributed by atoms with Gasteiger partial charge in [-0.25, -0.2) is 0 Å². The third-order valence-electron chi connectivity index (χ3n) is 3.19. The number of phenols is 1.